The van der Waals surface area contributed by atoms with Crippen LogP contribution in [0.25, 0.3) is 6.08 Å². The summed E-state index contributed by atoms with van der Waals surface area (Å²) >= 11 is 6.16. The summed E-state index contributed by atoms with van der Waals surface area (Å²) in [5.74, 6) is -0.227. The standard InChI is InChI=1S/C26H19ClN2O3/c1-16-5-7-17(8-6-16)9-12-24(30)31-20-10-11-21-23(14-20)32-26(29)22(15-28)25(21)18-3-2-4-19(27)13-18/h2-14,25H,29H2,1H3/b12-9+. The lowest BCUT2D eigenvalue weighted by molar-refractivity contribution is -0.128. The zero-order valence-corrected chi connectivity index (χ0v) is 18.0. The molecule has 0 bridgehead atoms. The van der Waals surface area contributed by atoms with E-state index in [9.17, 15) is 10.1 Å². The van der Waals surface area contributed by atoms with Gasteiger partial charge in [-0.3, -0.25) is 0 Å². The van der Waals surface area contributed by atoms with Crippen LogP contribution in [0.1, 0.15) is 28.2 Å². The monoisotopic (exact) mass is 442 g/mol. The summed E-state index contributed by atoms with van der Waals surface area (Å²) in [5.41, 5.74) is 9.90. The number of carbonyl (C=O) groups excluding carboxylic acids is 1. The van der Waals surface area contributed by atoms with Gasteiger partial charge >= 0.3 is 5.97 Å². The smallest absolute Gasteiger partial charge is 0.336 e. The number of esters is 1. The number of nitrogens with zero attached hydrogens (tertiary/aromatic N) is 1. The van der Waals surface area contributed by atoms with Gasteiger partial charge in [0.2, 0.25) is 5.88 Å². The maximum Gasteiger partial charge on any atom is 0.336 e. The molecule has 3 aromatic carbocycles. The van der Waals surface area contributed by atoms with Crippen molar-refractivity contribution >= 4 is 23.6 Å². The third-order valence-corrected chi connectivity index (χ3v) is 5.32. The molecule has 1 atom stereocenters. The fourth-order valence-electron chi connectivity index (χ4n) is 3.52. The number of allylic oxidation sites excluding steroid dienone is 1. The molecular formula is C26H19ClN2O3. The highest BCUT2D eigenvalue weighted by molar-refractivity contribution is 6.30. The fraction of sp³-hybridized carbons (Fsp3) is 0.0769. The van der Waals surface area contributed by atoms with E-state index in [-0.39, 0.29) is 5.88 Å². The van der Waals surface area contributed by atoms with Crippen LogP contribution in [0, 0.1) is 18.3 Å². The molecule has 0 fully saturated rings. The molecule has 158 valence electrons. The third kappa shape index (κ3) is 4.51. The number of fused-ring (bicyclic) bond motifs is 1. The van der Waals surface area contributed by atoms with Crippen molar-refractivity contribution in [3.8, 4) is 17.6 Å². The zero-order chi connectivity index (χ0) is 22.7. The molecule has 0 aliphatic carbocycles. The largest absolute Gasteiger partial charge is 0.440 e. The summed E-state index contributed by atoms with van der Waals surface area (Å²) in [7, 11) is 0. The van der Waals surface area contributed by atoms with Gasteiger partial charge in [-0.05, 0) is 42.3 Å². The predicted molar refractivity (Wildman–Crippen MR) is 123 cm³/mol. The second kappa shape index (κ2) is 9.01. The lowest BCUT2D eigenvalue weighted by Crippen LogP contribution is -2.21. The van der Waals surface area contributed by atoms with Crippen molar-refractivity contribution < 1.29 is 14.3 Å². The molecule has 0 saturated carbocycles. The first-order chi connectivity index (χ1) is 15.4. The normalized spacial score (nSPS) is 15.1. The Balaban J connectivity index is 1.59. The summed E-state index contributed by atoms with van der Waals surface area (Å²) in [4.78, 5) is 12.3. The average molecular weight is 443 g/mol. The second-order valence-electron chi connectivity index (χ2n) is 7.34. The van der Waals surface area contributed by atoms with Crippen molar-refractivity contribution in [1.29, 1.82) is 5.26 Å². The number of nitrogens with two attached hydrogens (primary N) is 1. The van der Waals surface area contributed by atoms with Crippen LogP contribution in [0.15, 0.2) is 84.3 Å². The molecule has 1 heterocycles. The van der Waals surface area contributed by atoms with Crippen molar-refractivity contribution in [2.75, 3.05) is 0 Å². The van der Waals surface area contributed by atoms with Gasteiger partial charge in [0.1, 0.15) is 23.1 Å². The minimum atomic E-state index is -0.519. The van der Waals surface area contributed by atoms with E-state index in [1.54, 1.807) is 36.4 Å². The van der Waals surface area contributed by atoms with Crippen LogP contribution >= 0.6 is 11.6 Å². The van der Waals surface area contributed by atoms with Gasteiger partial charge in [-0.25, -0.2) is 4.79 Å². The van der Waals surface area contributed by atoms with Crippen molar-refractivity contribution in [3.63, 3.8) is 0 Å². The summed E-state index contributed by atoms with van der Waals surface area (Å²) in [6.07, 6.45) is 3.05. The Kier molecular flexibility index (Phi) is 5.98. The number of hydrogen-bond acceptors (Lipinski definition) is 5. The van der Waals surface area contributed by atoms with Crippen LogP contribution < -0.4 is 15.2 Å². The van der Waals surface area contributed by atoms with Crippen LogP contribution in [-0.4, -0.2) is 5.97 Å². The lowest BCUT2D eigenvalue weighted by Gasteiger charge is -2.26. The first kappa shape index (κ1) is 21.2. The molecule has 0 amide bonds. The number of hydrogen-bond donors (Lipinski definition) is 1. The van der Waals surface area contributed by atoms with Crippen molar-refractivity contribution in [2.45, 2.75) is 12.8 Å². The van der Waals surface area contributed by atoms with Crippen LogP contribution in [0.3, 0.4) is 0 Å². The highest BCUT2D eigenvalue weighted by atomic mass is 35.5. The molecule has 0 spiro atoms. The maximum absolute atomic E-state index is 12.3. The summed E-state index contributed by atoms with van der Waals surface area (Å²) in [6.45, 7) is 2.00. The van der Waals surface area contributed by atoms with Crippen LogP contribution in [-0.2, 0) is 4.79 Å². The molecule has 1 aliphatic rings. The molecule has 1 unspecified atom stereocenters. The topological polar surface area (TPSA) is 85.3 Å². The molecular weight excluding hydrogens is 424 g/mol. The summed E-state index contributed by atoms with van der Waals surface area (Å²) < 4.78 is 11.1. The van der Waals surface area contributed by atoms with E-state index in [1.165, 1.54) is 6.08 Å². The summed E-state index contributed by atoms with van der Waals surface area (Å²) in [6, 6.07) is 22.2. The van der Waals surface area contributed by atoms with Gasteiger partial charge < -0.3 is 15.2 Å². The van der Waals surface area contributed by atoms with Crippen molar-refractivity contribution in [3.05, 3.63) is 112 Å². The van der Waals surface area contributed by atoms with E-state index in [1.807, 2.05) is 43.3 Å². The number of rotatable bonds is 4. The summed E-state index contributed by atoms with van der Waals surface area (Å²) in [5, 5.41) is 10.2. The maximum atomic E-state index is 12.3. The van der Waals surface area contributed by atoms with Gasteiger partial charge in [0, 0.05) is 22.7 Å². The van der Waals surface area contributed by atoms with Gasteiger partial charge in [-0.2, -0.15) is 5.26 Å². The first-order valence-electron chi connectivity index (χ1n) is 9.88. The molecule has 2 N–H and O–H groups in total. The highest BCUT2D eigenvalue weighted by Crippen LogP contribution is 2.43. The predicted octanol–water partition coefficient (Wildman–Crippen LogP) is 5.49. The van der Waals surface area contributed by atoms with Gasteiger partial charge in [-0.15, -0.1) is 0 Å². The van der Waals surface area contributed by atoms with Crippen molar-refractivity contribution in [1.82, 2.24) is 0 Å². The van der Waals surface area contributed by atoms with Gasteiger partial charge in [0.05, 0.1) is 5.92 Å². The van der Waals surface area contributed by atoms with Crippen LogP contribution in [0.5, 0.6) is 11.5 Å². The van der Waals surface area contributed by atoms with Gasteiger partial charge in [-0.1, -0.05) is 59.6 Å². The Morgan fingerprint density at radius 2 is 1.94 bits per heavy atom. The average Bonchev–Trinajstić information content (AvgIpc) is 2.77. The van der Waals surface area contributed by atoms with Gasteiger partial charge in [0.15, 0.2) is 0 Å². The first-order valence-corrected chi connectivity index (χ1v) is 10.3. The molecule has 4 rings (SSSR count). The molecule has 32 heavy (non-hydrogen) atoms. The van der Waals surface area contributed by atoms with E-state index < -0.39 is 11.9 Å². The number of carbonyl (C=O) groups is 1. The molecule has 6 heteroatoms. The van der Waals surface area contributed by atoms with E-state index in [0.29, 0.717) is 22.1 Å². The minimum absolute atomic E-state index is 0.00715. The highest BCUT2D eigenvalue weighted by Gasteiger charge is 2.31. The number of benzene rings is 3. The Hall–Kier alpha value is -4.01. The van der Waals surface area contributed by atoms with Crippen LogP contribution in [0.4, 0.5) is 0 Å². The second-order valence-corrected chi connectivity index (χ2v) is 7.78. The Morgan fingerprint density at radius 1 is 1.16 bits per heavy atom. The van der Waals surface area contributed by atoms with E-state index >= 15 is 0 Å². The van der Waals surface area contributed by atoms with Crippen LogP contribution in [0.2, 0.25) is 5.02 Å². The number of nitriles is 1. The van der Waals surface area contributed by atoms with E-state index in [2.05, 4.69) is 6.07 Å². The molecule has 0 saturated heterocycles. The number of halogens is 1. The Morgan fingerprint density at radius 3 is 2.66 bits per heavy atom. The van der Waals surface area contributed by atoms with E-state index in [4.69, 9.17) is 26.8 Å². The quantitative estimate of drug-likeness (QED) is 0.328. The lowest BCUT2D eigenvalue weighted by atomic mass is 9.83. The zero-order valence-electron chi connectivity index (χ0n) is 17.2. The molecule has 3 aromatic rings. The molecule has 5 nitrogen and oxygen atoms in total. The number of ether oxygens (including phenoxy) is 2. The third-order valence-electron chi connectivity index (χ3n) is 5.08. The Labute approximate surface area is 191 Å². The minimum Gasteiger partial charge on any atom is -0.440 e. The molecule has 1 aliphatic heterocycles. The van der Waals surface area contributed by atoms with Gasteiger partial charge in [0.25, 0.3) is 0 Å². The molecule has 0 radical (unpaired) electrons. The van der Waals surface area contributed by atoms with Crippen molar-refractivity contribution in [2.24, 2.45) is 5.73 Å². The van der Waals surface area contributed by atoms with E-state index in [0.717, 1.165) is 22.3 Å². The fourth-order valence-corrected chi connectivity index (χ4v) is 3.72. The number of aryl methyl sites for hydroxylation is 1. The SMILES string of the molecule is Cc1ccc(/C=C/C(=O)Oc2ccc3c(c2)OC(N)=C(C#N)C3c2cccc(Cl)c2)cc1. The Bertz CT molecular complexity index is 1290. The molecule has 0 aromatic heterocycles.